The minimum Gasteiger partial charge on any atom is -0.481 e. The lowest BCUT2D eigenvalue weighted by Crippen LogP contribution is -2.14. The smallest absolute Gasteiger partial charge is 0.300 e. The van der Waals surface area contributed by atoms with Gasteiger partial charge >= 0.3 is 0 Å². The Hall–Kier alpha value is -0.940. The van der Waals surface area contributed by atoms with Gasteiger partial charge in [-0.25, -0.2) is 0 Å². The number of likely N-dealkylation sites (N-methyl/N-ethyl adjacent to an activating group) is 1. The lowest BCUT2D eigenvalue weighted by molar-refractivity contribution is -0.134. The lowest BCUT2D eigenvalue weighted by Gasteiger charge is -1.85. The Morgan fingerprint density at radius 1 is 1.14 bits per heavy atom. The Morgan fingerprint density at radius 2 is 1.36 bits per heavy atom. The first kappa shape index (κ1) is 23.1. The molecule has 5 nitrogen and oxygen atoms in total. The van der Waals surface area contributed by atoms with E-state index in [9.17, 15) is 4.79 Å². The predicted octanol–water partition coefficient (Wildman–Crippen LogP) is 0.520. The summed E-state index contributed by atoms with van der Waals surface area (Å²) in [5, 5.41) is 17.1. The number of aliphatic hydroxyl groups is 1. The molecule has 0 aromatic carbocycles. The molecule has 0 aromatic rings. The monoisotopic (exact) mass is 209 g/mol. The van der Waals surface area contributed by atoms with Crippen molar-refractivity contribution in [3.05, 3.63) is 0 Å². The van der Waals surface area contributed by atoms with E-state index in [4.69, 9.17) is 15.0 Å². The molecule has 0 atom stereocenters. The van der Waals surface area contributed by atoms with Crippen molar-refractivity contribution in [1.82, 2.24) is 5.32 Å². The fourth-order valence-electron chi connectivity index (χ4n) is 0.249. The zero-order valence-corrected chi connectivity index (χ0v) is 9.92. The zero-order valence-electron chi connectivity index (χ0n) is 9.92. The van der Waals surface area contributed by atoms with Crippen molar-refractivity contribution in [3.8, 4) is 0 Å². The Morgan fingerprint density at radius 3 is 1.36 bits per heavy atom. The summed E-state index contributed by atoms with van der Waals surface area (Å²) < 4.78 is 0. The zero-order chi connectivity index (χ0) is 12.6. The van der Waals surface area contributed by atoms with Gasteiger partial charge in [-0.2, -0.15) is 0 Å². The molecule has 0 amide bonds. The van der Waals surface area contributed by atoms with Gasteiger partial charge in [0.25, 0.3) is 5.97 Å². The van der Waals surface area contributed by atoms with Crippen molar-refractivity contribution in [1.29, 1.82) is 0 Å². The molecule has 0 aromatic heterocycles. The molecule has 3 N–H and O–H groups in total. The van der Waals surface area contributed by atoms with Crippen LogP contribution in [-0.2, 0) is 9.59 Å². The van der Waals surface area contributed by atoms with Crippen molar-refractivity contribution in [2.45, 2.75) is 27.7 Å². The lowest BCUT2D eigenvalue weighted by atomic mass is 10.5. The van der Waals surface area contributed by atoms with Crippen LogP contribution >= 0.6 is 0 Å². The molecule has 0 saturated carbocycles. The van der Waals surface area contributed by atoms with Crippen LogP contribution in [0.5, 0.6) is 0 Å². The van der Waals surface area contributed by atoms with Crippen molar-refractivity contribution < 1.29 is 19.8 Å². The highest BCUT2D eigenvalue weighted by molar-refractivity contribution is 5.77. The van der Waals surface area contributed by atoms with Gasteiger partial charge < -0.3 is 15.5 Å². The average Bonchev–Trinajstić information content (AvgIpc) is 2.10. The van der Waals surface area contributed by atoms with Gasteiger partial charge in [0.1, 0.15) is 5.78 Å². The molecule has 5 heteroatoms. The topological polar surface area (TPSA) is 86.6 Å². The maximum atomic E-state index is 9.98. The number of hydrogen-bond acceptors (Lipinski definition) is 4. The summed E-state index contributed by atoms with van der Waals surface area (Å²) in [5.41, 5.74) is 0. The largest absolute Gasteiger partial charge is 0.481 e. The van der Waals surface area contributed by atoms with E-state index in [1.807, 2.05) is 13.8 Å². The molecular formula is C9H23NO4. The fourth-order valence-corrected chi connectivity index (χ4v) is 0.249. The highest BCUT2D eigenvalue weighted by Crippen LogP contribution is 1.57. The molecule has 0 unspecified atom stereocenters. The van der Waals surface area contributed by atoms with E-state index in [0.29, 0.717) is 6.54 Å². The summed E-state index contributed by atoms with van der Waals surface area (Å²) in [6.45, 7) is 7.12. The molecule has 0 rings (SSSR count). The quantitative estimate of drug-likeness (QED) is 0.617. The maximum Gasteiger partial charge on any atom is 0.300 e. The molecule has 0 aliphatic heterocycles. The molecule has 0 radical (unpaired) electrons. The second-order valence-corrected chi connectivity index (χ2v) is 1.75. The number of carboxylic acid groups (broad SMARTS) is 1. The second kappa shape index (κ2) is 29.6. The van der Waals surface area contributed by atoms with Crippen molar-refractivity contribution in [2.75, 3.05) is 20.7 Å². The first-order valence-electron chi connectivity index (χ1n) is 4.29. The average molecular weight is 209 g/mol. The van der Waals surface area contributed by atoms with Crippen molar-refractivity contribution >= 4 is 11.8 Å². The highest BCUT2D eigenvalue weighted by atomic mass is 16.4. The van der Waals surface area contributed by atoms with Crippen LogP contribution in [0.1, 0.15) is 27.7 Å². The van der Waals surface area contributed by atoms with E-state index >= 15 is 0 Å². The van der Waals surface area contributed by atoms with E-state index in [-0.39, 0.29) is 5.78 Å². The molecule has 0 spiro atoms. The van der Waals surface area contributed by atoms with Crippen molar-refractivity contribution in [3.63, 3.8) is 0 Å². The number of rotatable bonds is 2. The fraction of sp³-hybridized carbons (Fsp3) is 0.778. The number of carbonyl (C=O) groups is 2. The van der Waals surface area contributed by atoms with Gasteiger partial charge in [-0.15, -0.1) is 0 Å². The number of hydrogen-bond donors (Lipinski definition) is 3. The van der Waals surface area contributed by atoms with Crippen LogP contribution in [0.3, 0.4) is 0 Å². The Bertz CT molecular complexity index is 111. The maximum absolute atomic E-state index is 9.98. The number of nitrogens with one attached hydrogen (secondary N) is 1. The van der Waals surface area contributed by atoms with Crippen LogP contribution in [-0.4, -0.2) is 42.7 Å². The molecule has 14 heavy (non-hydrogen) atoms. The molecule has 0 fully saturated rings. The summed E-state index contributed by atoms with van der Waals surface area (Å²) >= 11 is 0. The number of carboxylic acids is 1. The van der Waals surface area contributed by atoms with Crippen LogP contribution in [0.25, 0.3) is 0 Å². The van der Waals surface area contributed by atoms with Gasteiger partial charge in [-0.1, -0.05) is 13.8 Å². The minimum absolute atomic E-state index is 0.178. The number of aliphatic carboxylic acids is 1. The first-order valence-corrected chi connectivity index (χ1v) is 4.29. The Kier molecular flexibility index (Phi) is 48.9. The first-order chi connectivity index (χ1) is 6.50. The van der Waals surface area contributed by atoms with Crippen LogP contribution in [0.2, 0.25) is 0 Å². The molecule has 0 aliphatic rings. The van der Waals surface area contributed by atoms with Crippen LogP contribution < -0.4 is 5.32 Å². The summed E-state index contributed by atoms with van der Waals surface area (Å²) in [6, 6.07) is 0. The van der Waals surface area contributed by atoms with E-state index in [2.05, 4.69) is 5.32 Å². The van der Waals surface area contributed by atoms with Crippen LogP contribution in [0.4, 0.5) is 0 Å². The summed E-state index contributed by atoms with van der Waals surface area (Å²) in [7, 11) is 2.75. The standard InChI is InChI=1S/C4H9NO.C2H4O2.C2H6.CH4O/c1-4(6)3-5-2;1-2(3)4;2*1-2/h5H,3H2,1-2H3;1H3,(H,3,4);1-2H3;2H,1H3. The van der Waals surface area contributed by atoms with Gasteiger partial charge in [0.05, 0.1) is 6.54 Å². The number of ketones is 1. The number of carbonyl (C=O) groups excluding carboxylic acids is 1. The molecule has 0 heterocycles. The minimum atomic E-state index is -0.833. The van der Waals surface area contributed by atoms with Gasteiger partial charge in [0, 0.05) is 14.0 Å². The molecule has 0 bridgehead atoms. The van der Waals surface area contributed by atoms with Gasteiger partial charge in [0.2, 0.25) is 0 Å². The number of Topliss-reactive ketones (excluding diaryl/α,β-unsaturated/α-hetero) is 1. The second-order valence-electron chi connectivity index (χ2n) is 1.75. The predicted molar refractivity (Wildman–Crippen MR) is 57.4 cm³/mol. The third kappa shape index (κ3) is 264. The van der Waals surface area contributed by atoms with E-state index in [1.165, 1.54) is 0 Å². The van der Waals surface area contributed by atoms with E-state index in [1.54, 1.807) is 14.0 Å². The Labute approximate surface area is 86.1 Å². The third-order valence-corrected chi connectivity index (χ3v) is 0.426. The SMILES string of the molecule is CC.CC(=O)O.CNCC(C)=O.CO. The summed E-state index contributed by atoms with van der Waals surface area (Å²) in [5.74, 6) is -0.655. The summed E-state index contributed by atoms with van der Waals surface area (Å²) in [6.07, 6.45) is 0. The van der Waals surface area contributed by atoms with Gasteiger partial charge in [-0.05, 0) is 14.0 Å². The molecular weight excluding hydrogens is 186 g/mol. The Balaban J connectivity index is -0.0000000546. The normalized spacial score (nSPS) is 6.21. The molecule has 0 saturated heterocycles. The molecule has 0 aliphatic carbocycles. The van der Waals surface area contributed by atoms with Crippen LogP contribution in [0, 0.1) is 0 Å². The van der Waals surface area contributed by atoms with Gasteiger partial charge in [0.15, 0.2) is 0 Å². The van der Waals surface area contributed by atoms with E-state index < -0.39 is 5.97 Å². The highest BCUT2D eigenvalue weighted by Gasteiger charge is 1.82. The molecule has 88 valence electrons. The van der Waals surface area contributed by atoms with Crippen LogP contribution in [0.15, 0.2) is 0 Å². The number of aliphatic hydroxyl groups excluding tert-OH is 1. The van der Waals surface area contributed by atoms with Gasteiger partial charge in [-0.3, -0.25) is 9.59 Å². The van der Waals surface area contributed by atoms with E-state index in [0.717, 1.165) is 14.0 Å². The third-order valence-electron chi connectivity index (χ3n) is 0.426. The van der Waals surface area contributed by atoms with Crippen molar-refractivity contribution in [2.24, 2.45) is 0 Å². The summed E-state index contributed by atoms with van der Waals surface area (Å²) in [4.78, 5) is 19.0.